The summed E-state index contributed by atoms with van der Waals surface area (Å²) in [5.41, 5.74) is 1.35. The van der Waals surface area contributed by atoms with Crippen molar-refractivity contribution in [2.75, 3.05) is 13.1 Å². The van der Waals surface area contributed by atoms with Gasteiger partial charge in [-0.15, -0.1) is 0 Å². The largest absolute Gasteiger partial charge is 0.348 e. The first kappa shape index (κ1) is 16.2. The van der Waals surface area contributed by atoms with Crippen LogP contribution in [0.2, 0.25) is 5.02 Å². The van der Waals surface area contributed by atoms with E-state index in [1.807, 2.05) is 23.1 Å². The van der Waals surface area contributed by atoms with E-state index in [9.17, 15) is 9.59 Å². The Hall–Kier alpha value is -2.33. The van der Waals surface area contributed by atoms with Crippen LogP contribution in [0.5, 0.6) is 0 Å². The lowest BCUT2D eigenvalue weighted by atomic mass is 9.64. The van der Waals surface area contributed by atoms with E-state index in [0.717, 1.165) is 5.56 Å². The highest BCUT2D eigenvalue weighted by molar-refractivity contribution is 6.30. The molecule has 2 heterocycles. The number of amides is 2. The summed E-state index contributed by atoms with van der Waals surface area (Å²) in [6.07, 6.45) is 1.37. The highest BCUT2D eigenvalue weighted by Crippen LogP contribution is 2.49. The van der Waals surface area contributed by atoms with Gasteiger partial charge >= 0.3 is 0 Å². The number of nitrogens with zero attached hydrogens (tertiary/aromatic N) is 1. The quantitative estimate of drug-likeness (QED) is 0.840. The number of piperidine rings is 1. The van der Waals surface area contributed by atoms with Crippen molar-refractivity contribution < 1.29 is 9.59 Å². The first-order chi connectivity index (χ1) is 12.1. The van der Waals surface area contributed by atoms with Gasteiger partial charge in [-0.3, -0.25) is 9.59 Å². The average Bonchev–Trinajstić information content (AvgIpc) is 2.66. The van der Waals surface area contributed by atoms with Gasteiger partial charge in [-0.2, -0.15) is 0 Å². The lowest BCUT2D eigenvalue weighted by Gasteiger charge is -2.52. The average molecular weight is 355 g/mol. The number of nitrogens with one attached hydrogen (secondary N) is 1. The predicted octanol–water partition coefficient (Wildman–Crippen LogP) is 3.43. The molecular formula is C20H19ClN2O2. The number of benzene rings is 2. The van der Waals surface area contributed by atoms with Crippen molar-refractivity contribution in [3.63, 3.8) is 0 Å². The van der Waals surface area contributed by atoms with Gasteiger partial charge in [-0.25, -0.2) is 0 Å². The normalized spacial score (nSPS) is 21.6. The standard InChI is InChI=1S/C20H19ClN2O2/c21-16-8-4-7-15(13-16)18(24)23-11-9-20(10-12-23)17(22-19(20)25)14-5-2-1-3-6-14/h1-8,13,17H,9-12H2,(H,22,25). The maximum Gasteiger partial charge on any atom is 0.253 e. The lowest BCUT2D eigenvalue weighted by Crippen LogP contribution is -2.64. The summed E-state index contributed by atoms with van der Waals surface area (Å²) < 4.78 is 0. The molecular weight excluding hydrogens is 336 g/mol. The molecule has 0 saturated carbocycles. The second-order valence-electron chi connectivity index (χ2n) is 6.78. The zero-order chi connectivity index (χ0) is 17.4. The summed E-state index contributed by atoms with van der Waals surface area (Å²) in [5, 5.41) is 3.60. The number of carbonyl (C=O) groups is 2. The van der Waals surface area contributed by atoms with E-state index in [1.54, 1.807) is 24.3 Å². The molecule has 1 spiro atoms. The van der Waals surface area contributed by atoms with Crippen molar-refractivity contribution in [3.05, 3.63) is 70.7 Å². The van der Waals surface area contributed by atoms with E-state index >= 15 is 0 Å². The zero-order valence-electron chi connectivity index (χ0n) is 13.7. The van der Waals surface area contributed by atoms with E-state index in [4.69, 9.17) is 11.6 Å². The molecule has 0 aliphatic carbocycles. The fourth-order valence-corrected chi connectivity index (χ4v) is 4.13. The smallest absolute Gasteiger partial charge is 0.253 e. The van der Waals surface area contributed by atoms with Crippen molar-refractivity contribution in [1.29, 1.82) is 0 Å². The zero-order valence-corrected chi connectivity index (χ0v) is 14.5. The molecule has 1 atom stereocenters. The van der Waals surface area contributed by atoms with Crippen molar-refractivity contribution in [1.82, 2.24) is 10.2 Å². The number of rotatable bonds is 2. The van der Waals surface area contributed by atoms with E-state index in [1.165, 1.54) is 0 Å². The molecule has 2 amide bonds. The molecule has 4 rings (SSSR count). The van der Waals surface area contributed by atoms with Crippen molar-refractivity contribution in [3.8, 4) is 0 Å². The monoisotopic (exact) mass is 354 g/mol. The lowest BCUT2D eigenvalue weighted by molar-refractivity contribution is -0.151. The van der Waals surface area contributed by atoms with E-state index in [-0.39, 0.29) is 23.3 Å². The number of likely N-dealkylation sites (tertiary alicyclic amines) is 1. The molecule has 2 saturated heterocycles. The van der Waals surface area contributed by atoms with Gasteiger partial charge in [0.25, 0.3) is 5.91 Å². The third-order valence-corrected chi connectivity index (χ3v) is 5.66. The number of carbonyl (C=O) groups excluding carboxylic acids is 2. The Kier molecular flexibility index (Phi) is 4.00. The van der Waals surface area contributed by atoms with E-state index in [2.05, 4.69) is 17.4 Å². The van der Waals surface area contributed by atoms with Crippen LogP contribution in [-0.4, -0.2) is 29.8 Å². The van der Waals surface area contributed by atoms with E-state index < -0.39 is 0 Å². The number of hydrogen-bond acceptors (Lipinski definition) is 2. The van der Waals surface area contributed by atoms with Gasteiger partial charge in [0.15, 0.2) is 0 Å². The number of β-lactam (4-membered cyclic amide) rings is 1. The highest BCUT2D eigenvalue weighted by Gasteiger charge is 2.56. The molecule has 5 heteroatoms. The molecule has 4 nitrogen and oxygen atoms in total. The SMILES string of the molecule is O=C(c1cccc(Cl)c1)N1CCC2(CC1)C(=O)NC2c1ccccc1. The van der Waals surface area contributed by atoms with Crippen LogP contribution in [0.15, 0.2) is 54.6 Å². The Bertz CT molecular complexity index is 813. The van der Waals surface area contributed by atoms with Crippen LogP contribution >= 0.6 is 11.6 Å². The Balaban J connectivity index is 1.49. The molecule has 128 valence electrons. The molecule has 0 radical (unpaired) electrons. The van der Waals surface area contributed by atoms with Gasteiger partial charge in [-0.05, 0) is 36.6 Å². The molecule has 1 unspecified atom stereocenters. The third kappa shape index (κ3) is 2.71. The van der Waals surface area contributed by atoms with Gasteiger partial charge in [0, 0.05) is 23.7 Å². The van der Waals surface area contributed by atoms with Crippen molar-refractivity contribution >= 4 is 23.4 Å². The second kappa shape index (κ2) is 6.19. The fourth-order valence-electron chi connectivity index (χ4n) is 3.94. The van der Waals surface area contributed by atoms with Crippen LogP contribution in [0.25, 0.3) is 0 Å². The number of hydrogen-bond donors (Lipinski definition) is 1. The summed E-state index contributed by atoms with van der Waals surface area (Å²) in [4.78, 5) is 26.8. The molecule has 2 aliphatic rings. The Morgan fingerprint density at radius 3 is 2.44 bits per heavy atom. The van der Waals surface area contributed by atoms with Gasteiger partial charge in [0.2, 0.25) is 5.91 Å². The van der Waals surface area contributed by atoms with Gasteiger partial charge in [0.05, 0.1) is 11.5 Å². The number of halogens is 1. The molecule has 1 N–H and O–H groups in total. The molecule has 2 aromatic carbocycles. The highest BCUT2D eigenvalue weighted by atomic mass is 35.5. The Morgan fingerprint density at radius 2 is 1.80 bits per heavy atom. The fraction of sp³-hybridized carbons (Fsp3) is 0.300. The third-order valence-electron chi connectivity index (χ3n) is 5.43. The molecule has 0 aromatic heterocycles. The van der Waals surface area contributed by atoms with Gasteiger partial charge in [-0.1, -0.05) is 48.0 Å². The first-order valence-corrected chi connectivity index (χ1v) is 8.89. The summed E-state index contributed by atoms with van der Waals surface area (Å²) in [6, 6.07) is 17.1. The molecule has 2 fully saturated rings. The van der Waals surface area contributed by atoms with Crippen LogP contribution in [0.3, 0.4) is 0 Å². The topological polar surface area (TPSA) is 49.4 Å². The van der Waals surface area contributed by atoms with Gasteiger partial charge < -0.3 is 10.2 Å². The predicted molar refractivity (Wildman–Crippen MR) is 96.3 cm³/mol. The second-order valence-corrected chi connectivity index (χ2v) is 7.21. The molecule has 0 bridgehead atoms. The van der Waals surface area contributed by atoms with Crippen LogP contribution in [-0.2, 0) is 4.79 Å². The summed E-state index contributed by atoms with van der Waals surface area (Å²) in [6.45, 7) is 1.17. The minimum Gasteiger partial charge on any atom is -0.348 e. The Labute approximate surface area is 151 Å². The minimum absolute atomic E-state index is 0.0201. The maximum atomic E-state index is 12.7. The summed E-state index contributed by atoms with van der Waals surface area (Å²) in [5.74, 6) is 0.0875. The maximum absolute atomic E-state index is 12.7. The summed E-state index contributed by atoms with van der Waals surface area (Å²) >= 11 is 5.99. The Morgan fingerprint density at radius 1 is 1.08 bits per heavy atom. The van der Waals surface area contributed by atoms with Crippen LogP contribution in [0.1, 0.15) is 34.8 Å². The van der Waals surface area contributed by atoms with Crippen LogP contribution < -0.4 is 5.32 Å². The van der Waals surface area contributed by atoms with Crippen LogP contribution in [0, 0.1) is 5.41 Å². The first-order valence-electron chi connectivity index (χ1n) is 8.51. The molecule has 25 heavy (non-hydrogen) atoms. The summed E-state index contributed by atoms with van der Waals surface area (Å²) in [7, 11) is 0. The van der Waals surface area contributed by atoms with E-state index in [0.29, 0.717) is 36.5 Å². The van der Waals surface area contributed by atoms with Crippen molar-refractivity contribution in [2.24, 2.45) is 5.41 Å². The van der Waals surface area contributed by atoms with Gasteiger partial charge in [0.1, 0.15) is 0 Å². The minimum atomic E-state index is -0.382. The van der Waals surface area contributed by atoms with Crippen LogP contribution in [0.4, 0.5) is 0 Å². The van der Waals surface area contributed by atoms with Crippen molar-refractivity contribution in [2.45, 2.75) is 18.9 Å². The molecule has 2 aromatic rings. The molecule has 2 aliphatic heterocycles.